The van der Waals surface area contributed by atoms with Gasteiger partial charge in [0.2, 0.25) is 10.0 Å². The molecule has 1 aliphatic rings. The first-order chi connectivity index (χ1) is 17.3. The van der Waals surface area contributed by atoms with Crippen molar-refractivity contribution in [1.29, 1.82) is 0 Å². The summed E-state index contributed by atoms with van der Waals surface area (Å²) in [6.45, 7) is 7.17. The van der Waals surface area contributed by atoms with Crippen molar-refractivity contribution in [3.8, 4) is 5.75 Å². The second kappa shape index (κ2) is 11.9. The molecule has 0 bridgehead atoms. The number of nitrogens with one attached hydrogen (secondary N) is 1. The van der Waals surface area contributed by atoms with Crippen molar-refractivity contribution in [3.63, 3.8) is 0 Å². The normalized spacial score (nSPS) is 14.7. The first-order valence-corrected chi connectivity index (χ1v) is 14.3. The van der Waals surface area contributed by atoms with Gasteiger partial charge in [0.1, 0.15) is 17.1 Å². The van der Waals surface area contributed by atoms with Gasteiger partial charge in [-0.3, -0.25) is 14.4 Å². The lowest BCUT2D eigenvalue weighted by Crippen LogP contribution is -2.37. The SMILES string of the molecule is CCCCc1oc2ccc(NS(C)(=O)=O)cc2c1C(=O)c1ccc(OCCCN2CCOCC2)cc1. The number of ketones is 1. The van der Waals surface area contributed by atoms with E-state index in [1.165, 1.54) is 0 Å². The van der Waals surface area contributed by atoms with E-state index in [1.807, 2.05) is 12.1 Å². The Morgan fingerprint density at radius 1 is 1.08 bits per heavy atom. The van der Waals surface area contributed by atoms with Gasteiger partial charge < -0.3 is 13.9 Å². The summed E-state index contributed by atoms with van der Waals surface area (Å²) in [6, 6.07) is 12.1. The van der Waals surface area contributed by atoms with E-state index < -0.39 is 10.0 Å². The predicted octanol–water partition coefficient (Wildman–Crippen LogP) is 4.48. The van der Waals surface area contributed by atoms with E-state index in [1.54, 1.807) is 30.3 Å². The van der Waals surface area contributed by atoms with Crippen LogP contribution in [-0.4, -0.2) is 64.8 Å². The molecule has 3 aromatic rings. The maximum Gasteiger partial charge on any atom is 0.229 e. The summed E-state index contributed by atoms with van der Waals surface area (Å²) in [7, 11) is -3.45. The second-order valence-corrected chi connectivity index (χ2v) is 10.8. The average Bonchev–Trinajstić information content (AvgIpc) is 3.22. The molecule has 1 aromatic heterocycles. The summed E-state index contributed by atoms with van der Waals surface area (Å²) in [5, 5.41) is 0.600. The third-order valence-electron chi connectivity index (χ3n) is 6.16. The number of anilines is 1. The fourth-order valence-corrected chi connectivity index (χ4v) is 4.89. The fraction of sp³-hybridized carbons (Fsp3) is 0.444. The Hall–Kier alpha value is -2.88. The molecule has 2 aromatic carbocycles. The first kappa shape index (κ1) is 26.2. The van der Waals surface area contributed by atoms with E-state index in [0.717, 1.165) is 64.1 Å². The van der Waals surface area contributed by atoms with Gasteiger partial charge in [0.15, 0.2) is 5.78 Å². The van der Waals surface area contributed by atoms with Crippen LogP contribution in [0.4, 0.5) is 5.69 Å². The van der Waals surface area contributed by atoms with Gasteiger partial charge in [0.25, 0.3) is 0 Å². The highest BCUT2D eigenvalue weighted by molar-refractivity contribution is 7.92. The molecule has 1 aliphatic heterocycles. The zero-order chi connectivity index (χ0) is 25.5. The molecule has 36 heavy (non-hydrogen) atoms. The van der Waals surface area contributed by atoms with Gasteiger partial charge >= 0.3 is 0 Å². The van der Waals surface area contributed by atoms with Gasteiger partial charge in [0, 0.05) is 42.7 Å². The Morgan fingerprint density at radius 3 is 2.53 bits per heavy atom. The minimum Gasteiger partial charge on any atom is -0.494 e. The lowest BCUT2D eigenvalue weighted by Gasteiger charge is -2.26. The molecule has 1 N–H and O–H groups in total. The second-order valence-electron chi connectivity index (χ2n) is 9.10. The summed E-state index contributed by atoms with van der Waals surface area (Å²) in [5.41, 5.74) is 1.96. The maximum atomic E-state index is 13.6. The molecule has 0 unspecified atom stereocenters. The van der Waals surface area contributed by atoms with Crippen LogP contribution in [-0.2, 0) is 21.2 Å². The van der Waals surface area contributed by atoms with Crippen LogP contribution in [0.1, 0.15) is 47.9 Å². The van der Waals surface area contributed by atoms with Crippen molar-refractivity contribution in [2.45, 2.75) is 32.6 Å². The van der Waals surface area contributed by atoms with Gasteiger partial charge in [-0.1, -0.05) is 13.3 Å². The molecule has 0 atom stereocenters. The number of hydrogen-bond acceptors (Lipinski definition) is 7. The average molecular weight is 515 g/mol. The van der Waals surface area contributed by atoms with Crippen molar-refractivity contribution in [3.05, 3.63) is 59.4 Å². The summed E-state index contributed by atoms with van der Waals surface area (Å²) >= 11 is 0. The Morgan fingerprint density at radius 2 is 1.83 bits per heavy atom. The zero-order valence-corrected chi connectivity index (χ0v) is 21.7. The van der Waals surface area contributed by atoms with E-state index in [9.17, 15) is 13.2 Å². The van der Waals surface area contributed by atoms with Gasteiger partial charge in [-0.2, -0.15) is 0 Å². The van der Waals surface area contributed by atoms with Gasteiger partial charge in [-0.15, -0.1) is 0 Å². The van der Waals surface area contributed by atoms with Crippen LogP contribution >= 0.6 is 0 Å². The highest BCUT2D eigenvalue weighted by Crippen LogP contribution is 2.32. The maximum absolute atomic E-state index is 13.6. The number of ether oxygens (including phenoxy) is 2. The molecule has 2 heterocycles. The van der Waals surface area contributed by atoms with E-state index in [2.05, 4.69) is 16.5 Å². The number of furan rings is 1. The largest absolute Gasteiger partial charge is 0.494 e. The topological polar surface area (TPSA) is 98.1 Å². The van der Waals surface area contributed by atoms with Crippen LogP contribution in [0.2, 0.25) is 0 Å². The molecular weight excluding hydrogens is 480 g/mol. The smallest absolute Gasteiger partial charge is 0.229 e. The zero-order valence-electron chi connectivity index (χ0n) is 20.9. The lowest BCUT2D eigenvalue weighted by molar-refractivity contribution is 0.0358. The number of carbonyl (C=O) groups excluding carboxylic acids is 1. The molecule has 0 amide bonds. The number of hydrogen-bond donors (Lipinski definition) is 1. The van der Waals surface area contributed by atoms with Crippen molar-refractivity contribution in [2.75, 3.05) is 50.4 Å². The number of nitrogens with zero attached hydrogens (tertiary/aromatic N) is 1. The highest BCUT2D eigenvalue weighted by atomic mass is 32.2. The number of unbranched alkanes of at least 4 members (excludes halogenated alkanes) is 1. The molecule has 0 spiro atoms. The Kier molecular flexibility index (Phi) is 8.66. The van der Waals surface area contributed by atoms with Crippen molar-refractivity contribution in [1.82, 2.24) is 4.90 Å². The molecule has 0 radical (unpaired) electrons. The molecule has 1 saturated heterocycles. The Balaban J connectivity index is 1.49. The van der Waals surface area contributed by atoms with E-state index in [-0.39, 0.29) is 5.78 Å². The summed E-state index contributed by atoms with van der Waals surface area (Å²) in [5.74, 6) is 1.18. The van der Waals surface area contributed by atoms with E-state index in [4.69, 9.17) is 13.9 Å². The van der Waals surface area contributed by atoms with Crippen molar-refractivity contribution in [2.24, 2.45) is 0 Å². The summed E-state index contributed by atoms with van der Waals surface area (Å²) < 4.78 is 43.2. The predicted molar refractivity (Wildman–Crippen MR) is 141 cm³/mol. The molecule has 4 rings (SSSR count). The standard InChI is InChI=1S/C27H34N2O6S/c1-3-4-6-25-26(23-19-21(28-36(2,31)32)9-12-24(23)35-25)27(30)20-7-10-22(11-8-20)34-16-5-13-29-14-17-33-18-15-29/h7-12,19,28H,3-6,13-18H2,1-2H3. The number of carbonyl (C=O) groups is 1. The van der Waals surface area contributed by atoms with Gasteiger partial charge in [-0.25, -0.2) is 8.42 Å². The van der Waals surface area contributed by atoms with Crippen LogP contribution in [0, 0.1) is 0 Å². The molecule has 9 heteroatoms. The molecule has 1 fully saturated rings. The lowest BCUT2D eigenvalue weighted by atomic mass is 9.98. The van der Waals surface area contributed by atoms with E-state index in [0.29, 0.717) is 46.6 Å². The summed E-state index contributed by atoms with van der Waals surface area (Å²) in [4.78, 5) is 16.0. The number of sulfonamides is 1. The van der Waals surface area contributed by atoms with Crippen LogP contribution in [0.15, 0.2) is 46.9 Å². The van der Waals surface area contributed by atoms with Crippen molar-refractivity contribution < 1.29 is 27.1 Å². The van der Waals surface area contributed by atoms with E-state index >= 15 is 0 Å². The molecule has 8 nitrogen and oxygen atoms in total. The molecular formula is C27H34N2O6S. The Bertz CT molecular complexity index is 1280. The van der Waals surface area contributed by atoms with Gasteiger partial charge in [0.05, 0.1) is 31.6 Å². The molecule has 0 aliphatic carbocycles. The first-order valence-electron chi connectivity index (χ1n) is 12.4. The van der Waals surface area contributed by atoms with Gasteiger partial charge in [-0.05, 0) is 55.3 Å². The van der Waals surface area contributed by atoms with Crippen LogP contribution in [0.3, 0.4) is 0 Å². The Labute approximate surface area is 212 Å². The van der Waals surface area contributed by atoms with Crippen molar-refractivity contribution >= 4 is 32.5 Å². The minimum atomic E-state index is -3.45. The molecule has 0 saturated carbocycles. The van der Waals surface area contributed by atoms with Crippen LogP contribution in [0.25, 0.3) is 11.0 Å². The monoisotopic (exact) mass is 514 g/mol. The number of benzene rings is 2. The van der Waals surface area contributed by atoms with Crippen LogP contribution < -0.4 is 9.46 Å². The number of aryl methyl sites for hydroxylation is 1. The molecule has 194 valence electrons. The minimum absolute atomic E-state index is 0.157. The third-order valence-corrected chi connectivity index (χ3v) is 6.76. The third kappa shape index (κ3) is 6.87. The number of morpholine rings is 1. The fourth-order valence-electron chi connectivity index (χ4n) is 4.34. The summed E-state index contributed by atoms with van der Waals surface area (Å²) in [6.07, 6.45) is 4.49. The highest BCUT2D eigenvalue weighted by Gasteiger charge is 2.22. The number of fused-ring (bicyclic) bond motifs is 1. The quantitative estimate of drug-likeness (QED) is 0.281. The van der Waals surface area contributed by atoms with Crippen LogP contribution in [0.5, 0.6) is 5.75 Å². The number of rotatable bonds is 12.